The number of aromatic nitrogens is 5. The lowest BCUT2D eigenvalue weighted by Gasteiger charge is -2.26. The minimum atomic E-state index is -1.01. The molecule has 0 bridgehead atoms. The third-order valence-electron chi connectivity index (χ3n) is 5.82. The number of H-pyrrole nitrogens is 1. The van der Waals surface area contributed by atoms with Crippen molar-refractivity contribution in [2.24, 2.45) is 5.73 Å². The molecular formula is C28H29N9O2. The van der Waals surface area contributed by atoms with Gasteiger partial charge in [0.1, 0.15) is 6.04 Å². The number of hydrogen-bond acceptors (Lipinski definition) is 8. The molecule has 2 amide bonds. The van der Waals surface area contributed by atoms with Crippen molar-refractivity contribution >= 4 is 42.1 Å². The van der Waals surface area contributed by atoms with Crippen molar-refractivity contribution in [2.45, 2.75) is 13.0 Å². The highest BCUT2D eigenvalue weighted by atomic mass is 16.2. The number of nitrogens with two attached hydrogens (primary N) is 1. The minimum absolute atomic E-state index is 0.0443. The van der Waals surface area contributed by atoms with E-state index >= 15 is 0 Å². The van der Waals surface area contributed by atoms with Gasteiger partial charge in [0.2, 0.25) is 23.7 Å². The van der Waals surface area contributed by atoms with Crippen LogP contribution in [0.5, 0.6) is 0 Å². The van der Waals surface area contributed by atoms with Crippen molar-refractivity contribution in [3.05, 3.63) is 89.3 Å². The topological polar surface area (TPSA) is 155 Å². The molecule has 0 saturated heterocycles. The lowest BCUT2D eigenvalue weighted by Crippen LogP contribution is -2.50. The second-order valence-corrected chi connectivity index (χ2v) is 8.58. The van der Waals surface area contributed by atoms with Crippen LogP contribution in [0.3, 0.4) is 0 Å². The number of carbonyl (C=O) groups is 2. The zero-order chi connectivity index (χ0) is 27.8. The average molecular weight is 524 g/mol. The molecular weight excluding hydrogens is 494 g/mol. The van der Waals surface area contributed by atoms with Crippen molar-refractivity contribution in [2.75, 3.05) is 23.8 Å². The Morgan fingerprint density at radius 3 is 2.54 bits per heavy atom. The van der Waals surface area contributed by atoms with E-state index in [0.717, 1.165) is 16.6 Å². The van der Waals surface area contributed by atoms with E-state index in [4.69, 9.17) is 5.73 Å². The first-order valence-electron chi connectivity index (χ1n) is 12.1. The lowest BCUT2D eigenvalue weighted by molar-refractivity contribution is -0.125. The molecule has 11 heteroatoms. The Labute approximate surface area is 225 Å². The quantitative estimate of drug-likeness (QED) is 0.226. The summed E-state index contributed by atoms with van der Waals surface area (Å²) >= 11 is 0. The van der Waals surface area contributed by atoms with Gasteiger partial charge in [-0.05, 0) is 48.6 Å². The summed E-state index contributed by atoms with van der Waals surface area (Å²) in [4.78, 5) is 47.5. The Morgan fingerprint density at radius 1 is 1.10 bits per heavy atom. The molecule has 1 atom stereocenters. The Bertz CT molecular complexity index is 1540. The Kier molecular flexibility index (Phi) is 8.42. The largest absolute Gasteiger partial charge is 0.368 e. The number of primary amides is 1. The fraction of sp³-hybridized carbons (Fsp3) is 0.143. The summed E-state index contributed by atoms with van der Waals surface area (Å²) in [6.45, 7) is 5.76. The van der Waals surface area contributed by atoms with E-state index in [9.17, 15) is 9.59 Å². The highest BCUT2D eigenvalue weighted by Crippen LogP contribution is 2.21. The van der Waals surface area contributed by atoms with Gasteiger partial charge in [0, 0.05) is 42.2 Å². The summed E-state index contributed by atoms with van der Waals surface area (Å²) < 4.78 is 0. The first-order valence-corrected chi connectivity index (χ1v) is 12.1. The van der Waals surface area contributed by atoms with Crippen LogP contribution in [0.2, 0.25) is 0 Å². The smallest absolute Gasteiger partial charge is 0.247 e. The van der Waals surface area contributed by atoms with E-state index in [1.54, 1.807) is 61.7 Å². The first-order chi connectivity index (χ1) is 18.9. The zero-order valence-electron chi connectivity index (χ0n) is 21.6. The number of aromatic amines is 1. The molecule has 4 rings (SSSR count). The summed E-state index contributed by atoms with van der Waals surface area (Å²) in [6, 6.07) is 13.7. The van der Waals surface area contributed by atoms with E-state index < -0.39 is 17.9 Å². The molecule has 5 N–H and O–H groups in total. The number of rotatable bonds is 10. The molecule has 11 nitrogen and oxygen atoms in total. The number of amides is 2. The highest BCUT2D eigenvalue weighted by Gasteiger charge is 2.24. The molecule has 4 aromatic rings. The number of carbonyl (C=O) groups excluding carboxylic acids is 2. The predicted molar refractivity (Wildman–Crippen MR) is 151 cm³/mol. The summed E-state index contributed by atoms with van der Waals surface area (Å²) in [5.41, 5.74) is 8.26. The number of benzene rings is 1. The molecule has 0 aliphatic carbocycles. The minimum Gasteiger partial charge on any atom is -0.368 e. The van der Waals surface area contributed by atoms with E-state index in [2.05, 4.69) is 42.1 Å². The third-order valence-corrected chi connectivity index (χ3v) is 5.82. The molecule has 3 aromatic heterocycles. The number of anilines is 3. The fourth-order valence-electron chi connectivity index (χ4n) is 3.72. The van der Waals surface area contributed by atoms with Gasteiger partial charge in [0.05, 0.1) is 17.9 Å². The Balaban J connectivity index is 1.53. The summed E-state index contributed by atoms with van der Waals surface area (Å²) in [5.74, 6) is -0.249. The van der Waals surface area contributed by atoms with Crippen LogP contribution >= 0.6 is 0 Å². The average Bonchev–Trinajstić information content (AvgIpc) is 3.34. The van der Waals surface area contributed by atoms with Crippen LogP contribution < -0.4 is 31.8 Å². The van der Waals surface area contributed by atoms with E-state index in [-0.39, 0.29) is 6.54 Å². The molecule has 0 radical (unpaired) electrons. The fourth-order valence-corrected chi connectivity index (χ4v) is 3.72. The number of para-hydroxylation sites is 1. The van der Waals surface area contributed by atoms with E-state index in [1.165, 1.54) is 0 Å². The van der Waals surface area contributed by atoms with Crippen LogP contribution in [0.15, 0.2) is 78.8 Å². The van der Waals surface area contributed by atoms with E-state index in [0.29, 0.717) is 28.5 Å². The van der Waals surface area contributed by atoms with Gasteiger partial charge in [-0.3, -0.25) is 9.59 Å². The lowest BCUT2D eigenvalue weighted by atomic mass is 10.2. The van der Waals surface area contributed by atoms with Gasteiger partial charge < -0.3 is 26.3 Å². The van der Waals surface area contributed by atoms with Crippen molar-refractivity contribution in [3.8, 4) is 11.4 Å². The SMILES string of the molecule is C=c1cc(-c2ccnc(NC)n2)[nH]/c1=C/C=C(\C)C(=O)N[C@@H](CN(c1ccccc1)c1ncccn1)C(N)=O. The van der Waals surface area contributed by atoms with Gasteiger partial charge >= 0.3 is 0 Å². The summed E-state index contributed by atoms with van der Waals surface area (Å²) in [7, 11) is 1.75. The number of nitrogens with zero attached hydrogens (tertiary/aromatic N) is 5. The molecule has 0 aliphatic heterocycles. The van der Waals surface area contributed by atoms with Crippen LogP contribution in [0.1, 0.15) is 6.92 Å². The summed E-state index contributed by atoms with van der Waals surface area (Å²) in [5, 5.41) is 7.09. The standard InChI is InChI=1S/C28H29N9O2/c1-18(10-11-21-19(2)16-23(34-21)22-12-15-31-27(30-3)36-22)26(39)35-24(25(29)38)17-37(20-8-5-4-6-9-20)28-32-13-7-14-33-28/h4-16,24,34H,2,17H2,1,3H3,(H2,29,38)(H,35,39)(H,30,31,36)/b18-10+,21-11+/t24-/m0/s1. The van der Waals surface area contributed by atoms with Crippen molar-refractivity contribution in [3.63, 3.8) is 0 Å². The molecule has 0 spiro atoms. The molecule has 0 unspecified atom stereocenters. The van der Waals surface area contributed by atoms with Gasteiger partial charge in [-0.2, -0.15) is 0 Å². The molecule has 0 aliphatic rings. The normalized spacial score (nSPS) is 12.6. The van der Waals surface area contributed by atoms with Gasteiger partial charge in [-0.25, -0.2) is 19.9 Å². The maximum atomic E-state index is 13.0. The number of hydrogen-bond donors (Lipinski definition) is 4. The van der Waals surface area contributed by atoms with Gasteiger partial charge in [-0.15, -0.1) is 0 Å². The molecule has 0 fully saturated rings. The number of allylic oxidation sites excluding steroid dienone is 1. The third kappa shape index (κ3) is 6.72. The van der Waals surface area contributed by atoms with Gasteiger partial charge in [0.25, 0.3) is 0 Å². The van der Waals surface area contributed by atoms with Crippen molar-refractivity contribution in [1.29, 1.82) is 0 Å². The van der Waals surface area contributed by atoms with Crippen LogP contribution in [0, 0.1) is 0 Å². The van der Waals surface area contributed by atoms with Gasteiger partial charge in [0.15, 0.2) is 0 Å². The second kappa shape index (κ2) is 12.3. The van der Waals surface area contributed by atoms with Crippen LogP contribution in [-0.4, -0.2) is 56.4 Å². The second-order valence-electron chi connectivity index (χ2n) is 8.58. The van der Waals surface area contributed by atoms with Crippen molar-refractivity contribution < 1.29 is 9.59 Å². The van der Waals surface area contributed by atoms with Gasteiger partial charge in [-0.1, -0.05) is 30.9 Å². The molecule has 1 aromatic carbocycles. The number of nitrogens with one attached hydrogen (secondary N) is 3. The van der Waals surface area contributed by atoms with Crippen molar-refractivity contribution in [1.82, 2.24) is 30.2 Å². The Hall–Kier alpha value is -5.32. The van der Waals surface area contributed by atoms with Crippen LogP contribution in [-0.2, 0) is 9.59 Å². The molecule has 39 heavy (non-hydrogen) atoms. The zero-order valence-corrected chi connectivity index (χ0v) is 21.6. The predicted octanol–water partition coefficient (Wildman–Crippen LogP) is 1.25. The summed E-state index contributed by atoms with van der Waals surface area (Å²) in [6.07, 6.45) is 8.26. The monoisotopic (exact) mass is 523 g/mol. The van der Waals surface area contributed by atoms with Crippen LogP contribution in [0.4, 0.5) is 17.6 Å². The maximum Gasteiger partial charge on any atom is 0.247 e. The molecule has 3 heterocycles. The first kappa shape index (κ1) is 26.7. The van der Waals surface area contributed by atoms with E-state index in [1.807, 2.05) is 36.4 Å². The molecule has 0 saturated carbocycles. The highest BCUT2D eigenvalue weighted by molar-refractivity contribution is 5.97. The van der Waals surface area contributed by atoms with Crippen LogP contribution in [0.25, 0.3) is 24.0 Å². The molecule has 198 valence electrons. The Morgan fingerprint density at radius 2 is 1.85 bits per heavy atom. The maximum absolute atomic E-state index is 13.0.